The normalized spacial score (nSPS) is 21.6. The van der Waals surface area contributed by atoms with Crippen molar-refractivity contribution >= 4 is 17.0 Å². The monoisotopic (exact) mass is 366 g/mol. The highest BCUT2D eigenvalue weighted by Gasteiger charge is 2.24. The molecule has 1 aromatic rings. The minimum atomic E-state index is -1.05. The molecule has 0 aromatic heterocycles. The molecule has 1 aromatic carbocycles. The van der Waals surface area contributed by atoms with E-state index in [2.05, 4.69) is 4.72 Å². The molecular formula is C19H30N2O3S. The van der Waals surface area contributed by atoms with E-state index >= 15 is 0 Å². The third kappa shape index (κ3) is 6.88. The van der Waals surface area contributed by atoms with Crippen LogP contribution >= 0.6 is 0 Å². The number of hydroxylamine groups is 2. The van der Waals surface area contributed by atoms with Crippen molar-refractivity contribution in [2.75, 3.05) is 13.1 Å². The van der Waals surface area contributed by atoms with Crippen LogP contribution in [0.5, 0.6) is 0 Å². The number of carbonyl (C=O) groups is 1. The lowest BCUT2D eigenvalue weighted by Crippen LogP contribution is -2.40. The molecule has 0 radical (unpaired) electrons. The maximum Gasteiger partial charge on any atom is 0.357 e. The Bertz CT molecular complexity index is 572. The first-order valence-electron chi connectivity index (χ1n) is 9.06. The Balaban J connectivity index is 1.85. The summed E-state index contributed by atoms with van der Waals surface area (Å²) < 4.78 is 15.3. The number of carbonyl (C=O) groups excluding carboxylic acids is 1. The fourth-order valence-electron chi connectivity index (χ4n) is 2.73. The Morgan fingerprint density at radius 1 is 1.12 bits per heavy atom. The summed E-state index contributed by atoms with van der Waals surface area (Å²) in [6.45, 7) is 7.40. The van der Waals surface area contributed by atoms with Gasteiger partial charge in [0.1, 0.15) is 0 Å². The van der Waals surface area contributed by atoms with Crippen molar-refractivity contribution in [1.82, 2.24) is 9.79 Å². The van der Waals surface area contributed by atoms with Gasteiger partial charge >= 0.3 is 5.97 Å². The number of hydrogen-bond acceptors (Lipinski definition) is 4. The molecule has 2 atom stereocenters. The van der Waals surface area contributed by atoms with E-state index in [0.717, 1.165) is 38.6 Å². The van der Waals surface area contributed by atoms with E-state index in [0.29, 0.717) is 12.1 Å². The first-order valence-corrected chi connectivity index (χ1v) is 10.2. The highest BCUT2D eigenvalue weighted by molar-refractivity contribution is 7.84. The van der Waals surface area contributed by atoms with E-state index in [1.807, 2.05) is 39.0 Å². The lowest BCUT2D eigenvalue weighted by Gasteiger charge is -2.24. The number of rotatable bonds is 4. The predicted molar refractivity (Wildman–Crippen MR) is 101 cm³/mol. The zero-order valence-electron chi connectivity index (χ0n) is 15.5. The zero-order chi connectivity index (χ0) is 18.3. The van der Waals surface area contributed by atoms with Gasteiger partial charge in [-0.15, -0.1) is 5.06 Å². The minimum absolute atomic E-state index is 0.254. The zero-order valence-corrected chi connectivity index (χ0v) is 16.3. The van der Waals surface area contributed by atoms with Gasteiger partial charge in [0, 0.05) is 19.1 Å². The number of hydrogen-bond donors (Lipinski definition) is 1. The molecule has 0 spiro atoms. The first-order chi connectivity index (χ1) is 11.9. The molecule has 2 rings (SSSR count). The summed E-state index contributed by atoms with van der Waals surface area (Å²) in [5.74, 6) is -0.302. The molecule has 6 heteroatoms. The molecule has 1 saturated heterocycles. The topological polar surface area (TPSA) is 58.6 Å². The van der Waals surface area contributed by atoms with Crippen LogP contribution in [-0.4, -0.2) is 39.1 Å². The largest absolute Gasteiger partial charge is 0.364 e. The van der Waals surface area contributed by atoms with Gasteiger partial charge in [-0.3, -0.25) is 0 Å². The Kier molecular flexibility index (Phi) is 7.59. The fraction of sp³-hybridized carbons (Fsp3) is 0.632. The minimum Gasteiger partial charge on any atom is -0.364 e. The molecule has 0 saturated carbocycles. The first kappa shape index (κ1) is 20.1. The van der Waals surface area contributed by atoms with E-state index in [9.17, 15) is 9.00 Å². The molecule has 25 heavy (non-hydrogen) atoms. The van der Waals surface area contributed by atoms with E-state index in [4.69, 9.17) is 4.84 Å². The van der Waals surface area contributed by atoms with Gasteiger partial charge in [-0.1, -0.05) is 24.6 Å². The quantitative estimate of drug-likeness (QED) is 0.887. The second-order valence-corrected chi connectivity index (χ2v) is 9.51. The van der Waals surface area contributed by atoms with Crippen LogP contribution in [0.25, 0.3) is 0 Å². The van der Waals surface area contributed by atoms with E-state index in [1.54, 1.807) is 17.2 Å². The van der Waals surface area contributed by atoms with Gasteiger partial charge in [-0.2, -0.15) is 0 Å². The van der Waals surface area contributed by atoms with Crippen molar-refractivity contribution in [3.8, 4) is 0 Å². The lowest BCUT2D eigenvalue weighted by atomic mass is 10.1. The highest BCUT2D eigenvalue weighted by Crippen LogP contribution is 2.17. The van der Waals surface area contributed by atoms with Crippen LogP contribution in [-0.2, 0) is 15.8 Å². The van der Waals surface area contributed by atoms with Crippen LogP contribution in [0.3, 0.4) is 0 Å². The van der Waals surface area contributed by atoms with Gasteiger partial charge in [0.2, 0.25) is 0 Å². The maximum absolute atomic E-state index is 12.3. The average Bonchev–Trinajstić information content (AvgIpc) is 2.67. The Morgan fingerprint density at radius 3 is 2.44 bits per heavy atom. The molecular weight excluding hydrogens is 336 g/mol. The maximum atomic E-state index is 12.3. The van der Waals surface area contributed by atoms with Gasteiger partial charge in [-0.25, -0.2) is 13.7 Å². The molecule has 1 heterocycles. The van der Waals surface area contributed by atoms with E-state index in [-0.39, 0.29) is 16.8 Å². The number of nitrogens with zero attached hydrogens (tertiary/aromatic N) is 1. The Labute approximate surface area is 153 Å². The third-order valence-corrected chi connectivity index (χ3v) is 5.88. The lowest BCUT2D eigenvalue weighted by molar-refractivity contribution is -0.110. The van der Waals surface area contributed by atoms with Gasteiger partial charge in [-0.05, 0) is 58.6 Å². The molecule has 1 aliphatic heterocycles. The molecule has 5 nitrogen and oxygen atoms in total. The fourth-order valence-corrected chi connectivity index (χ4v) is 3.62. The van der Waals surface area contributed by atoms with Gasteiger partial charge in [0.15, 0.2) is 0 Å². The Morgan fingerprint density at radius 2 is 1.76 bits per heavy atom. The van der Waals surface area contributed by atoms with Gasteiger partial charge in [0.25, 0.3) is 0 Å². The predicted octanol–water partition coefficient (Wildman–Crippen LogP) is 3.44. The van der Waals surface area contributed by atoms with E-state index < -0.39 is 11.0 Å². The van der Waals surface area contributed by atoms with Crippen molar-refractivity contribution in [2.45, 2.75) is 63.7 Å². The third-order valence-electron chi connectivity index (χ3n) is 4.22. The van der Waals surface area contributed by atoms with Crippen LogP contribution in [0.1, 0.15) is 63.2 Å². The highest BCUT2D eigenvalue weighted by atomic mass is 32.2. The van der Waals surface area contributed by atoms with Gasteiger partial charge < -0.3 is 4.84 Å². The second-order valence-electron chi connectivity index (χ2n) is 7.51. The molecule has 1 unspecified atom stereocenters. The molecule has 140 valence electrons. The second kappa shape index (κ2) is 9.46. The van der Waals surface area contributed by atoms with Crippen molar-refractivity contribution in [3.05, 3.63) is 35.9 Å². The van der Waals surface area contributed by atoms with Crippen LogP contribution in [0.15, 0.2) is 30.3 Å². The summed E-state index contributed by atoms with van der Waals surface area (Å²) in [4.78, 5) is 17.8. The SMILES string of the molecule is CC(C)(C)[S@](=O)NC1CCCCN(OC(=O)c2ccccc2)CCC1. The van der Waals surface area contributed by atoms with Crippen LogP contribution in [0.2, 0.25) is 0 Å². The molecule has 0 amide bonds. The van der Waals surface area contributed by atoms with Crippen LogP contribution in [0, 0.1) is 0 Å². The number of benzene rings is 1. The van der Waals surface area contributed by atoms with Crippen molar-refractivity contribution < 1.29 is 13.8 Å². The van der Waals surface area contributed by atoms with E-state index in [1.165, 1.54) is 0 Å². The van der Waals surface area contributed by atoms with Crippen molar-refractivity contribution in [2.24, 2.45) is 0 Å². The summed E-state index contributed by atoms with van der Waals surface area (Å²) in [5, 5.41) is 1.78. The number of nitrogens with one attached hydrogen (secondary N) is 1. The summed E-state index contributed by atoms with van der Waals surface area (Å²) in [5.41, 5.74) is 0.572. The summed E-state index contributed by atoms with van der Waals surface area (Å²) >= 11 is 0. The van der Waals surface area contributed by atoms with Crippen LogP contribution in [0.4, 0.5) is 0 Å². The van der Waals surface area contributed by atoms with Crippen LogP contribution < -0.4 is 4.72 Å². The summed E-state index contributed by atoms with van der Waals surface area (Å²) in [6, 6.07) is 9.33. The Hall–Kier alpha value is -1.24. The standard InChI is InChI=1S/C19H30N2O3S/c1-19(2,3)25(23)20-17-12-7-8-14-21(15-9-13-17)24-18(22)16-10-5-4-6-11-16/h4-6,10-11,17,20H,7-9,12-15H2,1-3H3/t17?,25-/m0/s1. The smallest absolute Gasteiger partial charge is 0.357 e. The molecule has 1 aliphatic rings. The molecule has 0 bridgehead atoms. The molecule has 1 N–H and O–H groups in total. The van der Waals surface area contributed by atoms with Gasteiger partial charge in [0.05, 0.1) is 21.3 Å². The molecule has 0 aliphatic carbocycles. The summed E-state index contributed by atoms with van der Waals surface area (Å²) in [6.07, 6.45) is 4.82. The molecule has 1 fully saturated rings. The van der Waals surface area contributed by atoms with Crippen molar-refractivity contribution in [1.29, 1.82) is 0 Å². The van der Waals surface area contributed by atoms with Crippen molar-refractivity contribution in [3.63, 3.8) is 0 Å². The summed E-state index contributed by atoms with van der Waals surface area (Å²) in [7, 11) is -1.05. The average molecular weight is 367 g/mol.